The summed E-state index contributed by atoms with van der Waals surface area (Å²) in [5.41, 5.74) is 2.38. The van der Waals surface area contributed by atoms with Gasteiger partial charge in [0.15, 0.2) is 0 Å². The lowest BCUT2D eigenvalue weighted by Gasteiger charge is -2.28. The van der Waals surface area contributed by atoms with E-state index in [4.69, 9.17) is 5.14 Å². The molecule has 0 fully saturated rings. The molecule has 1 aliphatic rings. The normalized spacial score (nSPS) is 20.5. The maximum atomic E-state index is 10.8. The molecule has 0 bridgehead atoms. The second-order valence-corrected chi connectivity index (χ2v) is 5.09. The van der Waals surface area contributed by atoms with Crippen LogP contribution >= 0.6 is 0 Å². The predicted molar refractivity (Wildman–Crippen MR) is 50.9 cm³/mol. The molecular formula is C9H11NO2S. The van der Waals surface area contributed by atoms with E-state index in [2.05, 4.69) is 0 Å². The molecule has 0 spiro atoms. The molecule has 1 atom stereocenters. The van der Waals surface area contributed by atoms with Crippen LogP contribution < -0.4 is 5.14 Å². The third-order valence-electron chi connectivity index (χ3n) is 2.39. The summed E-state index contributed by atoms with van der Waals surface area (Å²) in [7, 11) is -3.33. The fourth-order valence-corrected chi connectivity index (χ4v) is 2.65. The Morgan fingerprint density at radius 1 is 1.38 bits per heavy atom. The van der Waals surface area contributed by atoms with Gasteiger partial charge in [-0.15, -0.1) is 0 Å². The summed E-state index contributed by atoms with van der Waals surface area (Å²) >= 11 is 0. The van der Waals surface area contributed by atoms with Gasteiger partial charge in [0.05, 0.1) is 5.75 Å². The van der Waals surface area contributed by atoms with E-state index >= 15 is 0 Å². The average Bonchev–Trinajstić information content (AvgIpc) is 1.99. The van der Waals surface area contributed by atoms with Gasteiger partial charge in [-0.25, -0.2) is 13.6 Å². The zero-order chi connectivity index (χ0) is 9.47. The summed E-state index contributed by atoms with van der Waals surface area (Å²) in [4.78, 5) is 0. The third kappa shape index (κ3) is 1.73. The maximum absolute atomic E-state index is 10.8. The van der Waals surface area contributed by atoms with Gasteiger partial charge in [0.1, 0.15) is 0 Å². The van der Waals surface area contributed by atoms with Crippen molar-refractivity contribution in [2.45, 2.75) is 12.3 Å². The molecule has 0 saturated carbocycles. The second-order valence-electron chi connectivity index (χ2n) is 3.43. The van der Waals surface area contributed by atoms with E-state index < -0.39 is 10.0 Å². The van der Waals surface area contributed by atoms with Crippen molar-refractivity contribution in [3.05, 3.63) is 35.4 Å². The number of nitrogens with two attached hydrogens (primary N) is 1. The van der Waals surface area contributed by atoms with E-state index in [-0.39, 0.29) is 11.7 Å². The third-order valence-corrected chi connectivity index (χ3v) is 3.26. The highest BCUT2D eigenvalue weighted by Gasteiger charge is 2.28. The van der Waals surface area contributed by atoms with Gasteiger partial charge < -0.3 is 0 Å². The van der Waals surface area contributed by atoms with Crippen molar-refractivity contribution in [2.75, 3.05) is 5.75 Å². The monoisotopic (exact) mass is 197 g/mol. The molecule has 0 aliphatic heterocycles. The average molecular weight is 197 g/mol. The predicted octanol–water partition coefficient (Wildman–Crippen LogP) is 0.615. The van der Waals surface area contributed by atoms with Gasteiger partial charge in [0, 0.05) is 5.92 Å². The van der Waals surface area contributed by atoms with Crippen LogP contribution in [0.3, 0.4) is 0 Å². The fourth-order valence-electron chi connectivity index (χ4n) is 1.79. The molecule has 0 radical (unpaired) electrons. The molecule has 0 saturated heterocycles. The summed E-state index contributed by atoms with van der Waals surface area (Å²) in [6.07, 6.45) is 0.840. The van der Waals surface area contributed by atoms with Crippen LogP contribution in [-0.4, -0.2) is 14.2 Å². The molecule has 2 rings (SSSR count). The summed E-state index contributed by atoms with van der Waals surface area (Å²) < 4.78 is 21.6. The van der Waals surface area contributed by atoms with Crippen LogP contribution in [-0.2, 0) is 16.4 Å². The molecule has 2 N–H and O–H groups in total. The number of sulfonamides is 1. The zero-order valence-electron chi connectivity index (χ0n) is 7.10. The van der Waals surface area contributed by atoms with Gasteiger partial charge >= 0.3 is 0 Å². The van der Waals surface area contributed by atoms with Crippen molar-refractivity contribution in [2.24, 2.45) is 5.14 Å². The smallest absolute Gasteiger partial charge is 0.209 e. The van der Waals surface area contributed by atoms with Crippen LogP contribution in [0.5, 0.6) is 0 Å². The Labute approximate surface area is 77.6 Å². The Balaban J connectivity index is 2.19. The number of fused-ring (bicyclic) bond motifs is 1. The Morgan fingerprint density at radius 3 is 2.69 bits per heavy atom. The van der Waals surface area contributed by atoms with Gasteiger partial charge in [0.25, 0.3) is 0 Å². The lowest BCUT2D eigenvalue weighted by atomic mass is 9.79. The van der Waals surface area contributed by atoms with Gasteiger partial charge in [-0.1, -0.05) is 24.3 Å². The molecule has 1 aromatic rings. The molecule has 3 nitrogen and oxygen atoms in total. The summed E-state index contributed by atoms with van der Waals surface area (Å²) in [5.74, 6) is 0.190. The minimum Gasteiger partial charge on any atom is -0.229 e. The Bertz CT molecular complexity index is 425. The van der Waals surface area contributed by atoms with Gasteiger partial charge in [-0.05, 0) is 17.5 Å². The Morgan fingerprint density at radius 2 is 2.08 bits per heavy atom. The molecule has 4 heteroatoms. The maximum Gasteiger partial charge on any atom is 0.209 e. The molecule has 1 aliphatic carbocycles. The highest BCUT2D eigenvalue weighted by Crippen LogP contribution is 2.35. The number of primary sulfonamides is 1. The largest absolute Gasteiger partial charge is 0.229 e. The standard InChI is InChI=1S/C9H11NO2S/c10-13(11,12)6-8-5-7-3-1-2-4-9(7)8/h1-4,8H,5-6H2,(H2,10,11,12). The van der Waals surface area contributed by atoms with E-state index in [1.54, 1.807) is 0 Å². The molecule has 0 heterocycles. The van der Waals surface area contributed by atoms with Crippen LogP contribution in [0.2, 0.25) is 0 Å². The first-order chi connectivity index (χ1) is 6.06. The van der Waals surface area contributed by atoms with Crippen molar-refractivity contribution >= 4 is 10.0 Å². The lowest BCUT2D eigenvalue weighted by Crippen LogP contribution is -2.28. The first kappa shape index (κ1) is 8.72. The summed E-state index contributed by atoms with van der Waals surface area (Å²) in [6.45, 7) is 0. The Kier molecular flexibility index (Phi) is 1.89. The molecule has 1 unspecified atom stereocenters. The van der Waals surface area contributed by atoms with E-state index in [0.29, 0.717) is 0 Å². The lowest BCUT2D eigenvalue weighted by molar-refractivity contribution is 0.578. The van der Waals surface area contributed by atoms with Crippen molar-refractivity contribution in [1.82, 2.24) is 0 Å². The van der Waals surface area contributed by atoms with E-state index in [1.165, 1.54) is 5.56 Å². The van der Waals surface area contributed by atoms with Gasteiger partial charge in [0.2, 0.25) is 10.0 Å². The quantitative estimate of drug-likeness (QED) is 0.755. The molecule has 13 heavy (non-hydrogen) atoms. The highest BCUT2D eigenvalue weighted by molar-refractivity contribution is 7.89. The van der Waals surface area contributed by atoms with Crippen molar-refractivity contribution in [3.63, 3.8) is 0 Å². The van der Waals surface area contributed by atoms with Gasteiger partial charge in [-0.3, -0.25) is 0 Å². The van der Waals surface area contributed by atoms with E-state index in [0.717, 1.165) is 12.0 Å². The van der Waals surface area contributed by atoms with Crippen molar-refractivity contribution < 1.29 is 8.42 Å². The van der Waals surface area contributed by atoms with Crippen LogP contribution in [0.4, 0.5) is 0 Å². The zero-order valence-corrected chi connectivity index (χ0v) is 7.92. The van der Waals surface area contributed by atoms with Crippen molar-refractivity contribution in [3.8, 4) is 0 Å². The first-order valence-corrected chi connectivity index (χ1v) is 5.86. The number of rotatable bonds is 2. The van der Waals surface area contributed by atoms with Crippen molar-refractivity contribution in [1.29, 1.82) is 0 Å². The topological polar surface area (TPSA) is 60.2 Å². The molecule has 0 amide bonds. The van der Waals surface area contributed by atoms with E-state index in [9.17, 15) is 8.42 Å². The van der Waals surface area contributed by atoms with Crippen LogP contribution in [0.15, 0.2) is 24.3 Å². The summed E-state index contributed by atoms with van der Waals surface area (Å²) in [6, 6.07) is 7.88. The molecular weight excluding hydrogens is 186 g/mol. The molecule has 70 valence electrons. The highest BCUT2D eigenvalue weighted by atomic mass is 32.2. The molecule has 1 aromatic carbocycles. The minimum atomic E-state index is -3.33. The molecule has 0 aromatic heterocycles. The van der Waals surface area contributed by atoms with Crippen LogP contribution in [0.25, 0.3) is 0 Å². The van der Waals surface area contributed by atoms with Crippen LogP contribution in [0, 0.1) is 0 Å². The van der Waals surface area contributed by atoms with Crippen LogP contribution in [0.1, 0.15) is 17.0 Å². The number of hydrogen-bond donors (Lipinski definition) is 1. The first-order valence-electron chi connectivity index (χ1n) is 4.14. The second kappa shape index (κ2) is 2.82. The fraction of sp³-hybridized carbons (Fsp3) is 0.333. The Hall–Kier alpha value is -0.870. The van der Waals surface area contributed by atoms with E-state index in [1.807, 2.05) is 24.3 Å². The van der Waals surface area contributed by atoms with Gasteiger partial charge in [-0.2, -0.15) is 0 Å². The summed E-state index contributed by atoms with van der Waals surface area (Å²) in [5, 5.41) is 4.98. The number of benzene rings is 1. The SMILES string of the molecule is NS(=O)(=O)CC1Cc2ccccc21. The minimum absolute atomic E-state index is 0.0734. The number of hydrogen-bond acceptors (Lipinski definition) is 2.